The Hall–Kier alpha value is -0.150. The summed E-state index contributed by atoms with van der Waals surface area (Å²) in [5.41, 5.74) is 0. The van der Waals surface area contributed by atoms with Crippen LogP contribution in [0.1, 0.15) is 6.92 Å². The number of hydrogen-bond acceptors (Lipinski definition) is 4. The van der Waals surface area contributed by atoms with Crippen LogP contribution in [0.4, 0.5) is 0 Å². The Morgan fingerprint density at radius 1 is 1.53 bits per heavy atom. The van der Waals surface area contributed by atoms with Gasteiger partial charge in [-0.05, 0) is 22.0 Å². The summed E-state index contributed by atoms with van der Waals surface area (Å²) in [6.07, 6.45) is 0. The van der Waals surface area contributed by atoms with Crippen molar-refractivity contribution in [2.75, 3.05) is 13.1 Å². The van der Waals surface area contributed by atoms with Crippen LogP contribution in [0.5, 0.6) is 0 Å². The van der Waals surface area contributed by atoms with Gasteiger partial charge in [-0.1, -0.05) is 11.6 Å². The molecular weight excluding hydrogens is 352 g/mol. The van der Waals surface area contributed by atoms with E-state index in [4.69, 9.17) is 11.6 Å². The van der Waals surface area contributed by atoms with Gasteiger partial charge < -0.3 is 5.32 Å². The zero-order valence-electron chi connectivity index (χ0n) is 8.79. The van der Waals surface area contributed by atoms with Crippen molar-refractivity contribution in [3.8, 4) is 0 Å². The molecule has 0 bridgehead atoms. The second-order valence-corrected chi connectivity index (χ2v) is 7.84. The molecule has 5 nitrogen and oxygen atoms in total. The van der Waals surface area contributed by atoms with Crippen molar-refractivity contribution >= 4 is 54.8 Å². The summed E-state index contributed by atoms with van der Waals surface area (Å²) in [7, 11) is -3.56. The van der Waals surface area contributed by atoms with E-state index in [1.54, 1.807) is 0 Å². The molecule has 1 heterocycles. The molecule has 0 aliphatic carbocycles. The standard InChI is InChI=1S/C8H10BrClN2O3S2/c1-5(13)11-2-3-12-17(14,15)7-4-6(10)8(9)16-7/h4,12H,2-3H2,1H3,(H,11,13). The molecule has 1 rings (SSSR count). The van der Waals surface area contributed by atoms with E-state index in [0.717, 1.165) is 11.3 Å². The number of thiophene rings is 1. The summed E-state index contributed by atoms with van der Waals surface area (Å²) in [6, 6.07) is 1.37. The Labute approximate surface area is 117 Å². The first kappa shape index (κ1) is 14.9. The quantitative estimate of drug-likeness (QED) is 0.782. The van der Waals surface area contributed by atoms with E-state index >= 15 is 0 Å². The molecule has 2 N–H and O–H groups in total. The van der Waals surface area contributed by atoms with Crippen molar-refractivity contribution in [2.45, 2.75) is 11.1 Å². The second kappa shape index (κ2) is 6.14. The van der Waals surface area contributed by atoms with E-state index in [1.165, 1.54) is 13.0 Å². The number of hydrogen-bond donors (Lipinski definition) is 2. The molecule has 17 heavy (non-hydrogen) atoms. The molecule has 96 valence electrons. The minimum Gasteiger partial charge on any atom is -0.355 e. The van der Waals surface area contributed by atoms with Gasteiger partial charge in [0.15, 0.2) is 0 Å². The summed E-state index contributed by atoms with van der Waals surface area (Å²) < 4.78 is 26.6. The van der Waals surface area contributed by atoms with Gasteiger partial charge in [0, 0.05) is 20.0 Å². The number of carbonyl (C=O) groups is 1. The highest BCUT2D eigenvalue weighted by Crippen LogP contribution is 2.34. The average Bonchev–Trinajstić information content (AvgIpc) is 2.55. The molecule has 0 spiro atoms. The van der Waals surface area contributed by atoms with Gasteiger partial charge in [0.05, 0.1) is 8.81 Å². The molecule has 9 heteroatoms. The minimum absolute atomic E-state index is 0.134. The van der Waals surface area contributed by atoms with Gasteiger partial charge in [-0.2, -0.15) is 0 Å². The average molecular weight is 362 g/mol. The van der Waals surface area contributed by atoms with E-state index in [2.05, 4.69) is 26.0 Å². The lowest BCUT2D eigenvalue weighted by atomic mass is 10.6. The molecule has 0 aliphatic rings. The minimum atomic E-state index is -3.56. The molecule has 0 unspecified atom stereocenters. The first-order chi connectivity index (χ1) is 7.83. The van der Waals surface area contributed by atoms with E-state index in [-0.39, 0.29) is 23.2 Å². The molecule has 0 radical (unpaired) electrons. The van der Waals surface area contributed by atoms with Gasteiger partial charge in [-0.3, -0.25) is 4.79 Å². The summed E-state index contributed by atoms with van der Waals surface area (Å²) >= 11 is 9.93. The highest BCUT2D eigenvalue weighted by Gasteiger charge is 2.18. The Morgan fingerprint density at radius 3 is 2.65 bits per heavy atom. The van der Waals surface area contributed by atoms with Gasteiger partial charge in [-0.15, -0.1) is 11.3 Å². The number of halogens is 2. The Morgan fingerprint density at radius 2 is 2.18 bits per heavy atom. The highest BCUT2D eigenvalue weighted by atomic mass is 79.9. The van der Waals surface area contributed by atoms with Crippen molar-refractivity contribution in [3.63, 3.8) is 0 Å². The second-order valence-electron chi connectivity index (χ2n) is 3.07. The smallest absolute Gasteiger partial charge is 0.250 e. The maximum atomic E-state index is 11.7. The highest BCUT2D eigenvalue weighted by molar-refractivity contribution is 9.11. The molecule has 0 saturated carbocycles. The first-order valence-electron chi connectivity index (χ1n) is 4.52. The third kappa shape index (κ3) is 4.55. The summed E-state index contributed by atoms with van der Waals surface area (Å²) in [4.78, 5) is 10.6. The molecule has 1 aromatic rings. The molecule has 0 saturated heterocycles. The van der Waals surface area contributed by atoms with E-state index in [9.17, 15) is 13.2 Å². The SMILES string of the molecule is CC(=O)NCCNS(=O)(=O)c1cc(Cl)c(Br)s1. The predicted octanol–water partition coefficient (Wildman–Crippen LogP) is 1.58. The molecule has 0 atom stereocenters. The van der Waals surface area contributed by atoms with Gasteiger partial charge in [-0.25, -0.2) is 13.1 Å². The molecule has 0 fully saturated rings. The van der Waals surface area contributed by atoms with Crippen LogP contribution in [0.3, 0.4) is 0 Å². The van der Waals surface area contributed by atoms with Crippen molar-refractivity contribution in [3.05, 3.63) is 14.9 Å². The van der Waals surface area contributed by atoms with Crippen LogP contribution < -0.4 is 10.0 Å². The first-order valence-corrected chi connectivity index (χ1v) is 7.99. The van der Waals surface area contributed by atoms with Crippen LogP contribution in [0.2, 0.25) is 5.02 Å². The van der Waals surface area contributed by atoms with Crippen LogP contribution in [0, 0.1) is 0 Å². The fourth-order valence-corrected chi connectivity index (χ4v) is 4.43. The lowest BCUT2D eigenvalue weighted by Gasteiger charge is -2.04. The fraction of sp³-hybridized carbons (Fsp3) is 0.375. The monoisotopic (exact) mass is 360 g/mol. The van der Waals surface area contributed by atoms with Gasteiger partial charge in [0.25, 0.3) is 0 Å². The van der Waals surface area contributed by atoms with Crippen molar-refractivity contribution < 1.29 is 13.2 Å². The summed E-state index contributed by atoms with van der Waals surface area (Å²) in [5, 5.41) is 2.85. The number of carbonyl (C=O) groups excluding carboxylic acids is 1. The Balaban J connectivity index is 2.60. The molecule has 1 amide bonds. The third-order valence-corrected chi connectivity index (χ3v) is 6.09. The van der Waals surface area contributed by atoms with Gasteiger partial charge >= 0.3 is 0 Å². The van der Waals surface area contributed by atoms with Crippen LogP contribution in [-0.4, -0.2) is 27.4 Å². The molecule has 1 aromatic heterocycles. The van der Waals surface area contributed by atoms with Crippen LogP contribution in [0.15, 0.2) is 14.1 Å². The maximum absolute atomic E-state index is 11.7. The van der Waals surface area contributed by atoms with Crippen molar-refractivity contribution in [1.29, 1.82) is 0 Å². The lowest BCUT2D eigenvalue weighted by molar-refractivity contribution is -0.118. The van der Waals surface area contributed by atoms with E-state index in [0.29, 0.717) is 8.81 Å². The maximum Gasteiger partial charge on any atom is 0.250 e. The van der Waals surface area contributed by atoms with Crippen LogP contribution >= 0.6 is 38.9 Å². The number of amides is 1. The number of rotatable bonds is 5. The van der Waals surface area contributed by atoms with Crippen LogP contribution in [0.25, 0.3) is 0 Å². The fourth-order valence-electron chi connectivity index (χ4n) is 0.954. The number of nitrogens with one attached hydrogen (secondary N) is 2. The van der Waals surface area contributed by atoms with Crippen LogP contribution in [-0.2, 0) is 14.8 Å². The summed E-state index contributed by atoms with van der Waals surface area (Å²) in [5.74, 6) is -0.203. The van der Waals surface area contributed by atoms with E-state index in [1.807, 2.05) is 0 Å². The Bertz CT molecular complexity index is 495. The Kier molecular flexibility index (Phi) is 5.39. The molecule has 0 aliphatic heterocycles. The molecule has 0 aromatic carbocycles. The zero-order chi connectivity index (χ0) is 13.1. The third-order valence-electron chi connectivity index (χ3n) is 1.68. The van der Waals surface area contributed by atoms with Crippen molar-refractivity contribution in [2.24, 2.45) is 0 Å². The van der Waals surface area contributed by atoms with Gasteiger partial charge in [0.1, 0.15) is 4.21 Å². The largest absolute Gasteiger partial charge is 0.355 e. The molecular formula is C8H10BrClN2O3S2. The van der Waals surface area contributed by atoms with E-state index < -0.39 is 10.0 Å². The lowest BCUT2D eigenvalue weighted by Crippen LogP contribution is -2.33. The normalized spacial score (nSPS) is 11.5. The van der Waals surface area contributed by atoms with Crippen molar-refractivity contribution in [1.82, 2.24) is 10.0 Å². The predicted molar refractivity (Wildman–Crippen MR) is 70.9 cm³/mol. The van der Waals surface area contributed by atoms with Gasteiger partial charge in [0.2, 0.25) is 15.9 Å². The topological polar surface area (TPSA) is 75.3 Å². The number of sulfonamides is 1. The summed E-state index contributed by atoms with van der Waals surface area (Å²) in [6.45, 7) is 1.74. The zero-order valence-corrected chi connectivity index (χ0v) is 12.8.